The molecule has 3 rings (SSSR count). The third-order valence-corrected chi connectivity index (χ3v) is 10.6. The van der Waals surface area contributed by atoms with Gasteiger partial charge in [-0.15, -0.1) is 23.1 Å². The molecule has 1 unspecified atom stereocenters. The van der Waals surface area contributed by atoms with E-state index in [0.717, 1.165) is 17.7 Å². The number of rotatable bonds is 22. The number of ether oxygens (including phenoxy) is 1. The van der Waals surface area contributed by atoms with E-state index in [2.05, 4.69) is 41.9 Å². The molecule has 0 fully saturated rings. The Kier molecular flexibility index (Phi) is 18.8. The second-order valence-electron chi connectivity index (χ2n) is 14.9. The predicted molar refractivity (Wildman–Crippen MR) is 223 cm³/mol. The second kappa shape index (κ2) is 22.9. The first-order chi connectivity index (χ1) is 27.3. The van der Waals surface area contributed by atoms with Gasteiger partial charge in [-0.1, -0.05) is 0 Å². The number of anilines is 1. The molecule has 21 heteroatoms. The number of thiazole rings is 1. The molecule has 4 atom stereocenters. The first-order valence-electron chi connectivity index (χ1n) is 19.0. The average Bonchev–Trinajstić information content (AvgIpc) is 3.81. The molecule has 2 heterocycles. The van der Waals surface area contributed by atoms with Crippen molar-refractivity contribution in [1.29, 1.82) is 0 Å². The maximum absolute atomic E-state index is 13.4. The van der Waals surface area contributed by atoms with Crippen molar-refractivity contribution in [3.05, 3.63) is 23.2 Å². The molecule has 1 aromatic carbocycles. The minimum absolute atomic E-state index is 0.274. The van der Waals surface area contributed by atoms with Crippen LogP contribution >= 0.6 is 23.1 Å². The van der Waals surface area contributed by atoms with Gasteiger partial charge in [0.25, 0.3) is 0 Å². The number of carbonyl (C=O) groups excluding carboxylic acids is 6. The number of hydrogen-bond acceptors (Lipinski definition) is 14. The van der Waals surface area contributed by atoms with E-state index in [9.17, 15) is 38.7 Å². The first kappa shape index (κ1) is 47.5. The number of carboxylic acid groups (broad SMARTS) is 1. The van der Waals surface area contributed by atoms with E-state index >= 15 is 0 Å². The molecule has 19 nitrogen and oxygen atoms in total. The molecule has 0 saturated carbocycles. The van der Waals surface area contributed by atoms with E-state index in [0.29, 0.717) is 59.2 Å². The largest absolute Gasteiger partial charge is 0.480 e. The van der Waals surface area contributed by atoms with Gasteiger partial charge in [0.1, 0.15) is 33.8 Å². The topological polar surface area (TPSA) is 276 Å². The molecule has 9 N–H and O–H groups in total. The number of nitrogens with one attached hydrogen (secondary N) is 6. The first-order valence-corrected chi connectivity index (χ1v) is 20.8. The van der Waals surface area contributed by atoms with Crippen LogP contribution < -0.4 is 37.6 Å². The summed E-state index contributed by atoms with van der Waals surface area (Å²) in [5.41, 5.74) is 5.99. The van der Waals surface area contributed by atoms with Crippen molar-refractivity contribution >= 4 is 85.6 Å². The molecule has 1 aromatic heterocycles. The lowest BCUT2D eigenvalue weighted by molar-refractivity contribution is -0.137. The number of unbranched alkanes of at least 4 members (excludes halogenated alkanes) is 2. The molecule has 0 spiro atoms. The van der Waals surface area contributed by atoms with Gasteiger partial charge in [-0.2, -0.15) is 0 Å². The normalized spacial score (nSPS) is 15.4. The number of nitrogens with two attached hydrogens (primary N) is 1. The van der Waals surface area contributed by atoms with E-state index < -0.39 is 84.5 Å². The summed E-state index contributed by atoms with van der Waals surface area (Å²) in [6.07, 6.45) is 2.40. The Bertz CT molecular complexity index is 1810. The molecule has 0 saturated heterocycles. The maximum Gasteiger partial charge on any atom is 0.408 e. The van der Waals surface area contributed by atoms with Gasteiger partial charge in [0.2, 0.25) is 29.5 Å². The Hall–Kier alpha value is -4.86. The highest BCUT2D eigenvalue weighted by molar-refractivity contribution is 8.15. The fourth-order valence-corrected chi connectivity index (χ4v) is 7.49. The van der Waals surface area contributed by atoms with Gasteiger partial charge >= 0.3 is 12.1 Å². The molecule has 0 bridgehead atoms. The number of nitrogens with zero attached hydrogens (tertiary/aromatic N) is 3. The molecule has 1 aliphatic heterocycles. The number of alkyl carbamates (subject to hydrolysis) is 1. The van der Waals surface area contributed by atoms with Crippen LogP contribution in [0.15, 0.2) is 23.2 Å². The van der Waals surface area contributed by atoms with Crippen molar-refractivity contribution in [3.8, 4) is 0 Å². The summed E-state index contributed by atoms with van der Waals surface area (Å²) in [7, 11) is 3.86. The van der Waals surface area contributed by atoms with Crippen LogP contribution in [-0.2, 0) is 33.5 Å². The second-order valence-corrected chi connectivity index (χ2v) is 17.0. The van der Waals surface area contributed by atoms with Crippen LogP contribution in [0.5, 0.6) is 0 Å². The molecule has 0 aliphatic carbocycles. The molecule has 320 valence electrons. The zero-order valence-corrected chi connectivity index (χ0v) is 35.4. The van der Waals surface area contributed by atoms with Crippen LogP contribution in [0, 0.1) is 0 Å². The van der Waals surface area contributed by atoms with Crippen molar-refractivity contribution in [3.63, 3.8) is 0 Å². The van der Waals surface area contributed by atoms with Crippen LogP contribution in [0.3, 0.4) is 0 Å². The lowest BCUT2D eigenvalue weighted by Crippen LogP contribution is -2.53. The number of thioether (sulfide) groups is 1. The van der Waals surface area contributed by atoms with Crippen LogP contribution in [0.4, 0.5) is 10.5 Å². The van der Waals surface area contributed by atoms with Crippen LogP contribution in [0.2, 0.25) is 0 Å². The van der Waals surface area contributed by atoms with E-state index in [1.54, 1.807) is 39.0 Å². The fourth-order valence-electron chi connectivity index (χ4n) is 5.38. The summed E-state index contributed by atoms with van der Waals surface area (Å²) in [5.74, 6) is -3.73. The summed E-state index contributed by atoms with van der Waals surface area (Å²) in [4.78, 5) is 99.2. The number of carbonyl (C=O) groups is 7. The zero-order valence-electron chi connectivity index (χ0n) is 33.8. The van der Waals surface area contributed by atoms with Gasteiger partial charge in [0.05, 0.1) is 23.3 Å². The molecule has 1 aliphatic rings. The lowest BCUT2D eigenvalue weighted by atomic mass is 10.1. The Balaban J connectivity index is 1.51. The Morgan fingerprint density at radius 2 is 1.59 bits per heavy atom. The number of amides is 6. The van der Waals surface area contributed by atoms with E-state index in [1.165, 1.54) is 30.0 Å². The van der Waals surface area contributed by atoms with Crippen molar-refractivity contribution < 1.29 is 43.4 Å². The summed E-state index contributed by atoms with van der Waals surface area (Å²) in [6, 6.07) is 1.32. The standard InChI is InChI=1S/C37H56N10O9S2/c1-21(41-29(49)19-39-28(48)18-40-31(51)24(12-8-10-16-47(5)6)46-36(55)56-37(2,3)4)30(50)43-25(11-7-9-15-38)32(52)42-22-13-14-23-27(17-22)58-34(44-23)33-45-26(20-57-33)35(53)54/h13-14,17,21,24-26H,7-12,15-16,18-20,38H2,1-6H3,(H,39,48)(H,40,51)(H,41,49)(H,42,52)(H,43,50)(H,46,55)(H,53,54)/t21-,24+,25?,26-/m1/s1. The third kappa shape index (κ3) is 16.5. The van der Waals surface area contributed by atoms with E-state index in [1.807, 2.05) is 19.0 Å². The average molecular weight is 849 g/mol. The quantitative estimate of drug-likeness (QED) is 0.0774. The lowest BCUT2D eigenvalue weighted by Gasteiger charge is -2.23. The van der Waals surface area contributed by atoms with Gasteiger partial charge in [-0.05, 0) is 112 Å². The van der Waals surface area contributed by atoms with Gasteiger partial charge < -0.3 is 52.4 Å². The third-order valence-electron chi connectivity index (χ3n) is 8.35. The number of carboxylic acids is 1. The van der Waals surface area contributed by atoms with Gasteiger partial charge in [0, 0.05) is 11.4 Å². The number of aliphatic imine (C=N–C) groups is 1. The number of fused-ring (bicyclic) bond motifs is 1. The smallest absolute Gasteiger partial charge is 0.408 e. The zero-order chi connectivity index (χ0) is 43.0. The highest BCUT2D eigenvalue weighted by Crippen LogP contribution is 2.31. The molecular weight excluding hydrogens is 793 g/mol. The number of hydrogen-bond donors (Lipinski definition) is 8. The molecule has 0 radical (unpaired) electrons. The van der Waals surface area contributed by atoms with Crippen molar-refractivity contribution in [1.82, 2.24) is 36.5 Å². The van der Waals surface area contributed by atoms with Gasteiger partial charge in [0.15, 0.2) is 6.04 Å². The van der Waals surface area contributed by atoms with E-state index in [-0.39, 0.29) is 6.42 Å². The Morgan fingerprint density at radius 3 is 2.22 bits per heavy atom. The maximum atomic E-state index is 13.4. The predicted octanol–water partition coefficient (Wildman–Crippen LogP) is 1.16. The fraction of sp³-hybridized carbons (Fsp3) is 0.595. The number of benzene rings is 1. The van der Waals surface area contributed by atoms with Crippen molar-refractivity contribution in [2.24, 2.45) is 10.7 Å². The van der Waals surface area contributed by atoms with Crippen LogP contribution in [0.1, 0.15) is 71.2 Å². The van der Waals surface area contributed by atoms with Crippen LogP contribution in [0.25, 0.3) is 10.2 Å². The monoisotopic (exact) mass is 848 g/mol. The summed E-state index contributed by atoms with van der Waals surface area (Å²) < 4.78 is 6.03. The minimum atomic E-state index is -1.08. The number of aromatic nitrogens is 1. The van der Waals surface area contributed by atoms with Gasteiger partial charge in [-0.25, -0.2) is 14.6 Å². The SMILES string of the molecule is C[C@@H](NC(=O)CNC(=O)CNC(=O)[C@H](CCCCN(C)C)NC(=O)OC(C)(C)C)C(=O)NC(CCCCN)C(=O)Nc1ccc2nc(C3=N[C@@H](C(=O)O)CS3)sc2c1. The molecular formula is C37H56N10O9S2. The van der Waals surface area contributed by atoms with Crippen molar-refractivity contribution in [2.75, 3.05) is 51.3 Å². The van der Waals surface area contributed by atoms with Crippen molar-refractivity contribution in [2.45, 2.75) is 96.0 Å². The minimum Gasteiger partial charge on any atom is -0.480 e. The van der Waals surface area contributed by atoms with Gasteiger partial charge in [-0.3, -0.25) is 29.0 Å². The number of aliphatic carboxylic acids is 1. The molecule has 6 amide bonds. The Labute approximate surface area is 345 Å². The highest BCUT2D eigenvalue weighted by atomic mass is 32.2. The van der Waals surface area contributed by atoms with Crippen LogP contribution in [-0.4, -0.2) is 137 Å². The summed E-state index contributed by atoms with van der Waals surface area (Å²) in [6.45, 7) is 6.76. The molecule has 2 aromatic rings. The Morgan fingerprint density at radius 1 is 0.914 bits per heavy atom. The summed E-state index contributed by atoms with van der Waals surface area (Å²) in [5, 5.41) is 25.8. The molecule has 58 heavy (non-hydrogen) atoms. The highest BCUT2D eigenvalue weighted by Gasteiger charge is 2.28. The summed E-state index contributed by atoms with van der Waals surface area (Å²) >= 11 is 2.64. The van der Waals surface area contributed by atoms with E-state index in [4.69, 9.17) is 10.5 Å².